The van der Waals surface area contributed by atoms with E-state index in [1.165, 1.54) is 19.2 Å². The van der Waals surface area contributed by atoms with Crippen LogP contribution < -0.4 is 9.47 Å². The van der Waals surface area contributed by atoms with Crippen molar-refractivity contribution >= 4 is 10.0 Å². The second-order valence-corrected chi connectivity index (χ2v) is 8.74. The number of hydrogen-bond donors (Lipinski definition) is 0. The fraction of sp³-hybridized carbons (Fsp3) is 0.421. The van der Waals surface area contributed by atoms with Crippen LogP contribution in [0.4, 0.5) is 4.39 Å². The zero-order valence-corrected chi connectivity index (χ0v) is 15.7. The Bertz CT molecular complexity index is 909. The van der Waals surface area contributed by atoms with Gasteiger partial charge in [0.05, 0.1) is 12.0 Å². The predicted octanol–water partition coefficient (Wildman–Crippen LogP) is 2.99. The highest BCUT2D eigenvalue weighted by Crippen LogP contribution is 2.41. The Morgan fingerprint density at radius 2 is 1.89 bits per heavy atom. The summed E-state index contributed by atoms with van der Waals surface area (Å²) in [6, 6.07) is 8.96. The summed E-state index contributed by atoms with van der Waals surface area (Å²) in [5, 5.41) is 0. The van der Waals surface area contributed by atoms with Gasteiger partial charge in [0, 0.05) is 37.2 Å². The lowest BCUT2D eigenvalue weighted by Crippen LogP contribution is -2.49. The summed E-state index contributed by atoms with van der Waals surface area (Å²) in [6.07, 6.45) is 4.36. The number of nitrogens with zero attached hydrogens (tertiary/aromatic N) is 2. The molecule has 2 unspecified atom stereocenters. The third-order valence-corrected chi connectivity index (χ3v) is 7.25. The number of aromatic nitrogens is 1. The first kappa shape index (κ1) is 18.2. The third-order valence-electron chi connectivity index (χ3n) is 5.25. The topological polar surface area (TPSA) is 68.7 Å². The third kappa shape index (κ3) is 3.39. The molecule has 0 spiro atoms. The van der Waals surface area contributed by atoms with Crippen LogP contribution in [0, 0.1) is 5.82 Å². The summed E-state index contributed by atoms with van der Waals surface area (Å²) < 4.78 is 52.7. The zero-order chi connectivity index (χ0) is 19.0. The van der Waals surface area contributed by atoms with Crippen LogP contribution in [0.25, 0.3) is 0 Å². The molecule has 8 heteroatoms. The van der Waals surface area contributed by atoms with Crippen LogP contribution in [0.15, 0.2) is 47.5 Å². The molecule has 0 N–H and O–H groups in total. The van der Waals surface area contributed by atoms with Gasteiger partial charge in [-0.25, -0.2) is 17.8 Å². The number of methoxy groups -OCH3 is 1. The van der Waals surface area contributed by atoms with Crippen molar-refractivity contribution in [2.75, 3.05) is 7.11 Å². The number of fused-ring (bicyclic) bond motifs is 2. The molecule has 2 atom stereocenters. The number of hydrogen-bond acceptors (Lipinski definition) is 5. The van der Waals surface area contributed by atoms with Crippen LogP contribution in [0.3, 0.4) is 0 Å². The maximum atomic E-state index is 14.0. The Morgan fingerprint density at radius 1 is 1.15 bits per heavy atom. The summed E-state index contributed by atoms with van der Waals surface area (Å²) in [4.78, 5) is 4.14. The van der Waals surface area contributed by atoms with Gasteiger partial charge in [-0.3, -0.25) is 0 Å². The van der Waals surface area contributed by atoms with Gasteiger partial charge < -0.3 is 9.47 Å². The normalized spacial score (nSPS) is 25.3. The zero-order valence-electron chi connectivity index (χ0n) is 14.9. The first-order valence-electron chi connectivity index (χ1n) is 8.94. The Balaban J connectivity index is 1.54. The standard InChI is InChI=1S/C19H21FN2O4S/c1-25-18-8-7-16(12-17(18)20)27(23,24)22-13-5-6-14(22)11-15(10-13)26-19-4-2-3-9-21-19/h2-4,7-9,12-15H,5-6,10-11H2,1H3. The largest absolute Gasteiger partial charge is 0.494 e. The number of halogens is 1. The van der Waals surface area contributed by atoms with Crippen molar-refractivity contribution < 1.29 is 22.3 Å². The maximum absolute atomic E-state index is 14.0. The highest BCUT2D eigenvalue weighted by molar-refractivity contribution is 7.89. The molecule has 4 rings (SSSR count). The van der Waals surface area contributed by atoms with Crippen molar-refractivity contribution in [3.8, 4) is 11.6 Å². The van der Waals surface area contributed by atoms with Crippen LogP contribution in [-0.2, 0) is 10.0 Å². The maximum Gasteiger partial charge on any atom is 0.243 e. The molecule has 0 amide bonds. The molecule has 2 aliphatic heterocycles. The van der Waals surface area contributed by atoms with E-state index in [1.54, 1.807) is 16.6 Å². The number of sulfonamides is 1. The van der Waals surface area contributed by atoms with Crippen LogP contribution in [0.2, 0.25) is 0 Å². The molecule has 3 heterocycles. The average Bonchev–Trinajstić information content (AvgIpc) is 2.95. The summed E-state index contributed by atoms with van der Waals surface area (Å²) in [5.41, 5.74) is 0. The summed E-state index contributed by atoms with van der Waals surface area (Å²) >= 11 is 0. The summed E-state index contributed by atoms with van der Waals surface area (Å²) in [6.45, 7) is 0. The molecule has 144 valence electrons. The minimum atomic E-state index is -3.78. The minimum absolute atomic E-state index is 0.0272. The molecule has 1 aromatic heterocycles. The minimum Gasteiger partial charge on any atom is -0.494 e. The molecule has 2 bridgehead atoms. The van der Waals surface area contributed by atoms with Crippen LogP contribution >= 0.6 is 0 Å². The Hall–Kier alpha value is -2.19. The molecular formula is C19H21FN2O4S. The van der Waals surface area contributed by atoms with Gasteiger partial charge in [-0.2, -0.15) is 4.31 Å². The first-order chi connectivity index (χ1) is 13.0. The SMILES string of the molecule is COc1ccc(S(=O)(=O)N2C3CCC2CC(Oc2ccccn2)C3)cc1F. The second-order valence-electron chi connectivity index (χ2n) is 6.90. The fourth-order valence-electron chi connectivity index (χ4n) is 4.09. The van der Waals surface area contributed by atoms with E-state index in [1.807, 2.05) is 12.1 Å². The quantitative estimate of drug-likeness (QED) is 0.783. The van der Waals surface area contributed by atoms with E-state index in [0.29, 0.717) is 18.7 Å². The van der Waals surface area contributed by atoms with Crippen LogP contribution in [0.1, 0.15) is 25.7 Å². The smallest absolute Gasteiger partial charge is 0.243 e. The molecule has 2 aromatic rings. The highest BCUT2D eigenvalue weighted by atomic mass is 32.2. The Morgan fingerprint density at radius 3 is 2.48 bits per heavy atom. The number of pyridine rings is 1. The van der Waals surface area contributed by atoms with Gasteiger partial charge in [-0.05, 0) is 37.1 Å². The van der Waals surface area contributed by atoms with Gasteiger partial charge in [-0.15, -0.1) is 0 Å². The van der Waals surface area contributed by atoms with E-state index >= 15 is 0 Å². The van der Waals surface area contributed by atoms with E-state index in [9.17, 15) is 12.8 Å². The molecule has 2 fully saturated rings. The van der Waals surface area contributed by atoms with Crippen molar-refractivity contribution in [3.05, 3.63) is 48.4 Å². The van der Waals surface area contributed by atoms with Gasteiger partial charge >= 0.3 is 0 Å². The monoisotopic (exact) mass is 392 g/mol. The molecule has 27 heavy (non-hydrogen) atoms. The molecule has 2 saturated heterocycles. The van der Waals surface area contributed by atoms with E-state index in [2.05, 4.69) is 4.98 Å². The lowest BCUT2D eigenvalue weighted by atomic mass is 10.0. The Kier molecular flexibility index (Phi) is 4.77. The van der Waals surface area contributed by atoms with Gasteiger partial charge in [0.25, 0.3) is 0 Å². The van der Waals surface area contributed by atoms with Crippen LogP contribution in [0.5, 0.6) is 11.6 Å². The van der Waals surface area contributed by atoms with Crippen molar-refractivity contribution in [1.29, 1.82) is 0 Å². The molecule has 0 radical (unpaired) electrons. The van der Waals surface area contributed by atoms with Crippen LogP contribution in [-0.4, -0.2) is 43.0 Å². The number of rotatable bonds is 5. The van der Waals surface area contributed by atoms with E-state index in [4.69, 9.17) is 9.47 Å². The molecule has 0 aliphatic carbocycles. The number of ether oxygens (including phenoxy) is 2. The molecule has 0 saturated carbocycles. The van der Waals surface area contributed by atoms with Crippen molar-refractivity contribution in [2.24, 2.45) is 0 Å². The van der Waals surface area contributed by atoms with E-state index < -0.39 is 15.8 Å². The van der Waals surface area contributed by atoms with Crippen molar-refractivity contribution in [3.63, 3.8) is 0 Å². The number of piperidine rings is 1. The predicted molar refractivity (Wildman–Crippen MR) is 96.7 cm³/mol. The van der Waals surface area contributed by atoms with Gasteiger partial charge in [0.1, 0.15) is 6.10 Å². The fourth-order valence-corrected chi connectivity index (χ4v) is 5.99. The van der Waals surface area contributed by atoms with Crippen molar-refractivity contribution in [2.45, 2.75) is 48.8 Å². The van der Waals surface area contributed by atoms with E-state index in [0.717, 1.165) is 18.9 Å². The molecule has 2 aliphatic rings. The Labute approximate surface area is 158 Å². The van der Waals surface area contributed by atoms with Gasteiger partial charge in [0.15, 0.2) is 11.6 Å². The lowest BCUT2D eigenvalue weighted by Gasteiger charge is -2.37. The number of benzene rings is 1. The first-order valence-corrected chi connectivity index (χ1v) is 10.4. The average molecular weight is 392 g/mol. The molecule has 1 aromatic carbocycles. The molecule has 6 nitrogen and oxygen atoms in total. The summed E-state index contributed by atoms with van der Waals surface area (Å²) in [5.74, 6) is -0.103. The van der Waals surface area contributed by atoms with Crippen molar-refractivity contribution in [1.82, 2.24) is 9.29 Å². The summed E-state index contributed by atoms with van der Waals surface area (Å²) in [7, 11) is -2.43. The van der Waals surface area contributed by atoms with Gasteiger partial charge in [0.2, 0.25) is 15.9 Å². The van der Waals surface area contributed by atoms with E-state index in [-0.39, 0.29) is 28.8 Å². The second kappa shape index (κ2) is 7.09. The van der Waals surface area contributed by atoms with Gasteiger partial charge in [-0.1, -0.05) is 6.07 Å². The highest BCUT2D eigenvalue weighted by Gasteiger charge is 2.48. The molecular weight excluding hydrogens is 371 g/mol. The lowest BCUT2D eigenvalue weighted by molar-refractivity contribution is 0.0918.